The van der Waals surface area contributed by atoms with Gasteiger partial charge in [-0.05, 0) is 53.8 Å². The van der Waals surface area contributed by atoms with Crippen LogP contribution in [0, 0.1) is 11.3 Å². The SMILES string of the molecule is COc1ccc2cc([C@H](C)C(=O)O[C@@H](C)C(=O)Nc3sccc3C#N)ccc2c1. The number of benzene rings is 2. The Hall–Kier alpha value is -3.37. The molecule has 2 aromatic carbocycles. The first-order chi connectivity index (χ1) is 13.9. The number of esters is 1. The molecule has 1 aromatic heterocycles. The van der Waals surface area contributed by atoms with Crippen LogP contribution in [-0.2, 0) is 14.3 Å². The second kappa shape index (κ2) is 8.76. The van der Waals surface area contributed by atoms with Gasteiger partial charge in [0.1, 0.15) is 16.8 Å². The maximum Gasteiger partial charge on any atom is 0.313 e. The molecule has 148 valence electrons. The van der Waals surface area contributed by atoms with Crippen molar-refractivity contribution in [2.75, 3.05) is 12.4 Å². The number of nitriles is 1. The lowest BCUT2D eigenvalue weighted by Gasteiger charge is -2.17. The highest BCUT2D eigenvalue weighted by Crippen LogP contribution is 2.26. The molecule has 1 N–H and O–H groups in total. The van der Waals surface area contributed by atoms with Crippen molar-refractivity contribution in [2.24, 2.45) is 0 Å². The van der Waals surface area contributed by atoms with Gasteiger partial charge in [0.15, 0.2) is 6.10 Å². The number of hydrogen-bond acceptors (Lipinski definition) is 6. The minimum Gasteiger partial charge on any atom is -0.497 e. The van der Waals surface area contributed by atoms with E-state index in [1.165, 1.54) is 18.3 Å². The summed E-state index contributed by atoms with van der Waals surface area (Å²) in [4.78, 5) is 24.9. The van der Waals surface area contributed by atoms with Gasteiger partial charge in [0.25, 0.3) is 5.91 Å². The van der Waals surface area contributed by atoms with Gasteiger partial charge in [0.05, 0.1) is 18.6 Å². The summed E-state index contributed by atoms with van der Waals surface area (Å²) in [5.74, 6) is -0.738. The molecule has 0 bridgehead atoms. The highest BCUT2D eigenvalue weighted by atomic mass is 32.1. The van der Waals surface area contributed by atoms with Crippen LogP contribution >= 0.6 is 11.3 Å². The van der Waals surface area contributed by atoms with Gasteiger partial charge in [-0.25, -0.2) is 0 Å². The number of amides is 1. The number of nitrogens with zero attached hydrogens (tertiary/aromatic N) is 1. The zero-order valence-electron chi connectivity index (χ0n) is 16.3. The van der Waals surface area contributed by atoms with Gasteiger partial charge in [-0.1, -0.05) is 24.3 Å². The molecule has 3 aromatic rings. The van der Waals surface area contributed by atoms with E-state index in [0.717, 1.165) is 22.1 Å². The van der Waals surface area contributed by atoms with Gasteiger partial charge in [-0.15, -0.1) is 11.3 Å². The van der Waals surface area contributed by atoms with Crippen LogP contribution < -0.4 is 10.1 Å². The number of thiophene rings is 1. The smallest absolute Gasteiger partial charge is 0.313 e. The molecule has 1 amide bonds. The summed E-state index contributed by atoms with van der Waals surface area (Å²) in [5, 5.41) is 15.8. The highest BCUT2D eigenvalue weighted by molar-refractivity contribution is 7.14. The van der Waals surface area contributed by atoms with Crippen LogP contribution in [0.3, 0.4) is 0 Å². The van der Waals surface area contributed by atoms with Crippen molar-refractivity contribution in [1.29, 1.82) is 5.26 Å². The second-order valence-corrected chi connectivity index (χ2v) is 7.45. The Kier molecular flexibility index (Phi) is 6.15. The molecule has 6 nitrogen and oxygen atoms in total. The number of carbonyl (C=O) groups excluding carboxylic acids is 2. The minimum atomic E-state index is -0.983. The largest absolute Gasteiger partial charge is 0.497 e. The number of anilines is 1. The molecule has 0 saturated carbocycles. The number of carbonyl (C=O) groups is 2. The molecule has 7 heteroatoms. The minimum absolute atomic E-state index is 0.378. The van der Waals surface area contributed by atoms with Crippen LogP contribution in [0.4, 0.5) is 5.00 Å². The Bertz CT molecular complexity index is 1100. The predicted octanol–water partition coefficient (Wildman–Crippen LogP) is 4.46. The fourth-order valence-corrected chi connectivity index (χ4v) is 3.55. The number of rotatable bonds is 6. The summed E-state index contributed by atoms with van der Waals surface area (Å²) in [6, 6.07) is 15.1. The first kappa shape index (κ1) is 20.4. The average molecular weight is 408 g/mol. The normalized spacial score (nSPS) is 12.6. The fraction of sp³-hybridized carbons (Fsp3) is 0.227. The lowest BCUT2D eigenvalue weighted by Crippen LogP contribution is -2.31. The molecule has 1 heterocycles. The van der Waals surface area contributed by atoms with Gasteiger partial charge < -0.3 is 14.8 Å². The molecule has 0 radical (unpaired) electrons. The van der Waals surface area contributed by atoms with Crippen LogP contribution in [0.15, 0.2) is 47.8 Å². The molecule has 0 aliphatic heterocycles. The standard InChI is InChI=1S/C22H20N2O4S/c1-13(15-4-5-17-11-19(27-3)7-6-16(17)10-15)22(26)28-14(2)20(25)24-21-18(12-23)8-9-29-21/h4-11,13-14H,1-3H3,(H,24,25)/t13-,14-/m0/s1. The second-order valence-electron chi connectivity index (χ2n) is 6.54. The topological polar surface area (TPSA) is 88.4 Å². The van der Waals surface area contributed by atoms with Crippen molar-refractivity contribution >= 4 is 39.0 Å². The van der Waals surface area contributed by atoms with Crippen LogP contribution in [0.1, 0.15) is 30.9 Å². The van der Waals surface area contributed by atoms with Crippen LogP contribution in [0.2, 0.25) is 0 Å². The van der Waals surface area contributed by atoms with E-state index in [4.69, 9.17) is 14.7 Å². The van der Waals surface area contributed by atoms with Crippen molar-refractivity contribution in [3.05, 3.63) is 59.0 Å². The van der Waals surface area contributed by atoms with Crippen molar-refractivity contribution in [3.8, 4) is 11.8 Å². The van der Waals surface area contributed by atoms with Gasteiger partial charge >= 0.3 is 5.97 Å². The zero-order valence-corrected chi connectivity index (χ0v) is 17.1. The third kappa shape index (κ3) is 4.55. The number of ether oxygens (including phenoxy) is 2. The first-order valence-electron chi connectivity index (χ1n) is 8.99. The molecule has 29 heavy (non-hydrogen) atoms. The molecule has 0 spiro atoms. The zero-order chi connectivity index (χ0) is 21.0. The first-order valence-corrected chi connectivity index (χ1v) is 9.87. The van der Waals surface area contributed by atoms with E-state index in [-0.39, 0.29) is 0 Å². The predicted molar refractivity (Wildman–Crippen MR) is 112 cm³/mol. The average Bonchev–Trinajstić information content (AvgIpc) is 3.19. The molecular weight excluding hydrogens is 388 g/mol. The van der Waals surface area contributed by atoms with E-state index < -0.39 is 23.9 Å². The maximum absolute atomic E-state index is 12.5. The van der Waals surface area contributed by atoms with E-state index in [2.05, 4.69) is 5.32 Å². The summed E-state index contributed by atoms with van der Waals surface area (Å²) >= 11 is 1.24. The highest BCUT2D eigenvalue weighted by Gasteiger charge is 2.24. The quantitative estimate of drug-likeness (QED) is 0.609. The number of fused-ring (bicyclic) bond motifs is 1. The molecular formula is C22H20N2O4S. The lowest BCUT2D eigenvalue weighted by atomic mass is 9.98. The van der Waals surface area contributed by atoms with E-state index >= 15 is 0 Å². The molecule has 2 atom stereocenters. The van der Waals surface area contributed by atoms with E-state index in [9.17, 15) is 9.59 Å². The van der Waals surface area contributed by atoms with Gasteiger partial charge in [0, 0.05) is 0 Å². The summed E-state index contributed by atoms with van der Waals surface area (Å²) in [5.41, 5.74) is 1.17. The summed E-state index contributed by atoms with van der Waals surface area (Å²) in [6.07, 6.45) is -0.983. The molecule has 0 aliphatic rings. The third-order valence-corrected chi connectivity index (χ3v) is 5.44. The van der Waals surface area contributed by atoms with Gasteiger partial charge in [-0.2, -0.15) is 5.26 Å². The van der Waals surface area contributed by atoms with Gasteiger partial charge in [0.2, 0.25) is 0 Å². The molecule has 3 rings (SSSR count). The Labute approximate surface area is 172 Å². The molecule has 0 saturated heterocycles. The lowest BCUT2D eigenvalue weighted by molar-refractivity contribution is -0.154. The Morgan fingerprint density at radius 3 is 2.55 bits per heavy atom. The Balaban J connectivity index is 1.67. The summed E-state index contributed by atoms with van der Waals surface area (Å²) in [6.45, 7) is 3.25. The Morgan fingerprint density at radius 2 is 1.83 bits per heavy atom. The number of nitrogens with one attached hydrogen (secondary N) is 1. The van der Waals surface area contributed by atoms with Crippen LogP contribution in [-0.4, -0.2) is 25.1 Å². The summed E-state index contributed by atoms with van der Waals surface area (Å²) < 4.78 is 10.6. The molecule has 0 aliphatic carbocycles. The van der Waals surface area contributed by atoms with E-state index in [0.29, 0.717) is 10.6 Å². The van der Waals surface area contributed by atoms with Gasteiger partial charge in [-0.3, -0.25) is 9.59 Å². The van der Waals surface area contributed by atoms with Crippen molar-refractivity contribution < 1.29 is 19.1 Å². The maximum atomic E-state index is 12.5. The fourth-order valence-electron chi connectivity index (χ4n) is 2.81. The van der Waals surface area contributed by atoms with Crippen LogP contribution in [0.25, 0.3) is 10.8 Å². The van der Waals surface area contributed by atoms with E-state index in [1.807, 2.05) is 42.5 Å². The van der Waals surface area contributed by atoms with Crippen LogP contribution in [0.5, 0.6) is 5.75 Å². The van der Waals surface area contributed by atoms with E-state index in [1.54, 1.807) is 25.5 Å². The Morgan fingerprint density at radius 1 is 1.10 bits per heavy atom. The number of hydrogen-bond donors (Lipinski definition) is 1. The summed E-state index contributed by atoms with van der Waals surface area (Å²) in [7, 11) is 1.62. The monoisotopic (exact) mass is 408 g/mol. The number of methoxy groups -OCH3 is 1. The molecule has 0 fully saturated rings. The molecule has 0 unspecified atom stereocenters. The van der Waals surface area contributed by atoms with Crippen molar-refractivity contribution in [1.82, 2.24) is 0 Å². The third-order valence-electron chi connectivity index (χ3n) is 4.61. The van der Waals surface area contributed by atoms with Crippen molar-refractivity contribution in [3.63, 3.8) is 0 Å². The van der Waals surface area contributed by atoms with Crippen molar-refractivity contribution in [2.45, 2.75) is 25.9 Å².